The van der Waals surface area contributed by atoms with Crippen molar-refractivity contribution in [3.05, 3.63) is 30.1 Å². The fraction of sp³-hybridized carbons (Fsp3) is 0.588. The van der Waals surface area contributed by atoms with Crippen LogP contribution in [-0.4, -0.2) is 19.0 Å². The summed E-state index contributed by atoms with van der Waals surface area (Å²) in [6, 6.07) is 6.37. The van der Waals surface area contributed by atoms with Gasteiger partial charge in [-0.15, -0.1) is 12.4 Å². The first-order valence-corrected chi connectivity index (χ1v) is 7.85. The Kier molecular flexibility index (Phi) is 5.45. The van der Waals surface area contributed by atoms with Gasteiger partial charge in [0.15, 0.2) is 0 Å². The summed E-state index contributed by atoms with van der Waals surface area (Å²) in [5.41, 5.74) is 7.04. The lowest BCUT2D eigenvalue weighted by molar-refractivity contribution is -0.124. The van der Waals surface area contributed by atoms with Crippen LogP contribution in [0.4, 0.5) is 10.1 Å². The molecule has 2 aliphatic carbocycles. The van der Waals surface area contributed by atoms with Crippen LogP contribution in [0, 0.1) is 23.6 Å². The first-order valence-electron chi connectivity index (χ1n) is 7.85. The normalized spacial score (nSPS) is 30.3. The Morgan fingerprint density at radius 1 is 1.18 bits per heavy atom. The molecule has 3 nitrogen and oxygen atoms in total. The van der Waals surface area contributed by atoms with Crippen molar-refractivity contribution in [3.63, 3.8) is 0 Å². The highest BCUT2D eigenvalue weighted by molar-refractivity contribution is 5.94. The average molecular weight is 327 g/mol. The van der Waals surface area contributed by atoms with E-state index in [2.05, 4.69) is 0 Å². The van der Waals surface area contributed by atoms with Crippen LogP contribution >= 0.6 is 12.4 Å². The Morgan fingerprint density at radius 2 is 1.73 bits per heavy atom. The summed E-state index contributed by atoms with van der Waals surface area (Å²) < 4.78 is 13.0. The molecule has 0 saturated heterocycles. The highest BCUT2D eigenvalue weighted by Gasteiger charge is 2.41. The number of nitrogens with zero attached hydrogens (tertiary/aromatic N) is 1. The van der Waals surface area contributed by atoms with E-state index >= 15 is 0 Å². The molecule has 5 heteroatoms. The molecule has 1 amide bonds. The van der Waals surface area contributed by atoms with Crippen molar-refractivity contribution in [2.75, 3.05) is 11.9 Å². The number of anilines is 1. The maximum Gasteiger partial charge on any atom is 0.229 e. The summed E-state index contributed by atoms with van der Waals surface area (Å²) in [5.74, 6) is 0.916. The van der Waals surface area contributed by atoms with Gasteiger partial charge in [0.1, 0.15) is 5.82 Å². The predicted octanol–water partition coefficient (Wildman–Crippen LogP) is 3.36. The minimum Gasteiger partial charge on any atom is -0.327 e. The number of carbonyl (C=O) groups is 1. The summed E-state index contributed by atoms with van der Waals surface area (Å²) in [5, 5.41) is 0. The number of rotatable bonds is 2. The van der Waals surface area contributed by atoms with Crippen molar-refractivity contribution in [2.45, 2.75) is 38.1 Å². The molecular formula is C17H24ClFN2O. The van der Waals surface area contributed by atoms with Crippen molar-refractivity contribution >= 4 is 24.0 Å². The number of hydrogen-bond acceptors (Lipinski definition) is 2. The minimum atomic E-state index is -0.280. The van der Waals surface area contributed by atoms with Gasteiger partial charge in [0, 0.05) is 24.7 Å². The number of hydrogen-bond donors (Lipinski definition) is 1. The minimum absolute atomic E-state index is 0. The molecule has 2 unspecified atom stereocenters. The second-order valence-electron chi connectivity index (χ2n) is 6.57. The van der Waals surface area contributed by atoms with E-state index in [-0.39, 0.29) is 36.1 Å². The quantitative estimate of drug-likeness (QED) is 0.905. The maximum absolute atomic E-state index is 13.0. The number of fused-ring (bicyclic) bond motifs is 2. The van der Waals surface area contributed by atoms with Gasteiger partial charge in [-0.3, -0.25) is 4.79 Å². The molecular weight excluding hydrogens is 303 g/mol. The van der Waals surface area contributed by atoms with Gasteiger partial charge in [-0.05, 0) is 61.8 Å². The summed E-state index contributed by atoms with van der Waals surface area (Å²) in [4.78, 5) is 14.4. The van der Waals surface area contributed by atoms with Gasteiger partial charge in [0.05, 0.1) is 0 Å². The van der Waals surface area contributed by atoms with Crippen LogP contribution in [0.15, 0.2) is 24.3 Å². The van der Waals surface area contributed by atoms with Crippen LogP contribution in [0.25, 0.3) is 0 Å². The molecule has 0 aromatic heterocycles. The molecule has 2 N–H and O–H groups in total. The van der Waals surface area contributed by atoms with Crippen LogP contribution in [-0.2, 0) is 4.79 Å². The van der Waals surface area contributed by atoms with Gasteiger partial charge in [-0.25, -0.2) is 4.39 Å². The Bertz CT molecular complexity index is 508. The number of halogens is 2. The van der Waals surface area contributed by atoms with Crippen molar-refractivity contribution in [1.29, 1.82) is 0 Å². The number of carbonyl (C=O) groups excluding carboxylic acids is 1. The van der Waals surface area contributed by atoms with Gasteiger partial charge < -0.3 is 10.6 Å². The van der Waals surface area contributed by atoms with Crippen molar-refractivity contribution < 1.29 is 9.18 Å². The zero-order chi connectivity index (χ0) is 15.0. The Morgan fingerprint density at radius 3 is 2.27 bits per heavy atom. The molecule has 0 heterocycles. The molecule has 2 bridgehead atoms. The van der Waals surface area contributed by atoms with Crippen LogP contribution in [0.3, 0.4) is 0 Å². The lowest BCUT2D eigenvalue weighted by Gasteiger charge is -2.44. The van der Waals surface area contributed by atoms with Gasteiger partial charge in [-0.1, -0.05) is 6.42 Å². The number of benzene rings is 1. The molecule has 1 aromatic rings. The van der Waals surface area contributed by atoms with E-state index in [4.69, 9.17) is 5.73 Å². The zero-order valence-electron chi connectivity index (χ0n) is 12.9. The van der Waals surface area contributed by atoms with Crippen molar-refractivity contribution in [2.24, 2.45) is 23.5 Å². The molecule has 2 saturated carbocycles. The molecule has 1 aromatic carbocycles. The predicted molar refractivity (Wildman–Crippen MR) is 88.6 cm³/mol. The van der Waals surface area contributed by atoms with E-state index in [1.54, 1.807) is 24.1 Å². The highest BCUT2D eigenvalue weighted by Crippen LogP contribution is 2.42. The molecule has 2 aliphatic rings. The third-order valence-electron chi connectivity index (χ3n) is 5.31. The molecule has 2 atom stereocenters. The SMILES string of the molecule is CN(C(=O)C1CC2CCCC(C1)C2N)c1ccc(F)cc1.Cl. The van der Waals surface area contributed by atoms with E-state index in [0.717, 1.165) is 31.4 Å². The number of nitrogens with two attached hydrogens (primary N) is 1. The van der Waals surface area contributed by atoms with E-state index in [0.29, 0.717) is 11.8 Å². The molecule has 2 fully saturated rings. The Hall–Kier alpha value is -1.13. The van der Waals surface area contributed by atoms with Crippen LogP contribution in [0.5, 0.6) is 0 Å². The zero-order valence-corrected chi connectivity index (χ0v) is 13.7. The summed E-state index contributed by atoms with van der Waals surface area (Å²) in [6.07, 6.45) is 5.37. The third-order valence-corrected chi connectivity index (χ3v) is 5.31. The van der Waals surface area contributed by atoms with Crippen molar-refractivity contribution in [3.8, 4) is 0 Å². The lowest BCUT2D eigenvalue weighted by atomic mass is 9.65. The highest BCUT2D eigenvalue weighted by atomic mass is 35.5. The molecule has 122 valence electrons. The fourth-order valence-electron chi connectivity index (χ4n) is 4.06. The molecule has 3 rings (SSSR count). The van der Waals surface area contributed by atoms with Crippen LogP contribution in [0.2, 0.25) is 0 Å². The van der Waals surface area contributed by atoms with Gasteiger partial charge in [0.25, 0.3) is 0 Å². The average Bonchev–Trinajstić information content (AvgIpc) is 2.46. The standard InChI is InChI=1S/C17H23FN2O.ClH/c1-20(15-7-5-14(18)6-8-15)17(21)13-9-11-3-2-4-12(10-13)16(11)19;/h5-8,11-13,16H,2-4,9-10,19H2,1H3;1H. The van der Waals surface area contributed by atoms with Crippen LogP contribution in [0.1, 0.15) is 32.1 Å². The number of amides is 1. The van der Waals surface area contributed by atoms with Crippen LogP contribution < -0.4 is 10.6 Å². The molecule has 0 spiro atoms. The summed E-state index contributed by atoms with van der Waals surface area (Å²) in [7, 11) is 1.78. The topological polar surface area (TPSA) is 46.3 Å². The molecule has 22 heavy (non-hydrogen) atoms. The monoisotopic (exact) mass is 326 g/mol. The molecule has 0 radical (unpaired) electrons. The van der Waals surface area contributed by atoms with E-state index in [9.17, 15) is 9.18 Å². The Balaban J connectivity index is 0.00000176. The summed E-state index contributed by atoms with van der Waals surface area (Å²) in [6.45, 7) is 0. The van der Waals surface area contributed by atoms with E-state index in [1.807, 2.05) is 0 Å². The largest absolute Gasteiger partial charge is 0.327 e. The van der Waals surface area contributed by atoms with E-state index in [1.165, 1.54) is 18.6 Å². The van der Waals surface area contributed by atoms with Crippen molar-refractivity contribution in [1.82, 2.24) is 0 Å². The second-order valence-corrected chi connectivity index (χ2v) is 6.57. The smallest absolute Gasteiger partial charge is 0.229 e. The maximum atomic E-state index is 13.0. The van der Waals surface area contributed by atoms with Gasteiger partial charge in [-0.2, -0.15) is 0 Å². The molecule has 0 aliphatic heterocycles. The first kappa shape index (κ1) is 17.2. The summed E-state index contributed by atoms with van der Waals surface area (Å²) >= 11 is 0. The Labute approximate surface area is 137 Å². The third kappa shape index (κ3) is 3.28. The van der Waals surface area contributed by atoms with Gasteiger partial charge >= 0.3 is 0 Å². The second kappa shape index (κ2) is 6.97. The lowest BCUT2D eigenvalue weighted by Crippen LogP contribution is -2.49. The fourth-order valence-corrected chi connectivity index (χ4v) is 4.06. The van der Waals surface area contributed by atoms with Gasteiger partial charge in [0.2, 0.25) is 5.91 Å². The van der Waals surface area contributed by atoms with E-state index < -0.39 is 0 Å². The first-order chi connectivity index (χ1) is 10.1.